The lowest BCUT2D eigenvalue weighted by atomic mass is 9.99. The summed E-state index contributed by atoms with van der Waals surface area (Å²) in [7, 11) is 0. The maximum absolute atomic E-state index is 10.7. The maximum atomic E-state index is 10.7. The van der Waals surface area contributed by atoms with E-state index in [0.717, 1.165) is 12.8 Å². The third-order valence-corrected chi connectivity index (χ3v) is 2.17. The van der Waals surface area contributed by atoms with Gasteiger partial charge in [0.1, 0.15) is 0 Å². The molecule has 1 heterocycles. The van der Waals surface area contributed by atoms with Crippen LogP contribution in [0.3, 0.4) is 0 Å². The smallest absolute Gasteiger partial charge is 0.230 e. The summed E-state index contributed by atoms with van der Waals surface area (Å²) in [6.07, 6.45) is 1.54. The number of rotatable bonds is 2. The molecule has 1 saturated heterocycles. The van der Waals surface area contributed by atoms with Crippen molar-refractivity contribution >= 4 is 0 Å². The summed E-state index contributed by atoms with van der Waals surface area (Å²) in [5.41, 5.74) is 0. The number of hydrogen-bond donors (Lipinski definition) is 2. The maximum Gasteiger partial charge on any atom is 0.230 e. The fourth-order valence-electron chi connectivity index (χ4n) is 1.33. The van der Waals surface area contributed by atoms with Crippen molar-refractivity contribution in [3.8, 4) is 0 Å². The second-order valence-electron chi connectivity index (χ2n) is 2.92. The van der Waals surface area contributed by atoms with Crippen molar-refractivity contribution in [2.75, 3.05) is 19.7 Å². The number of aliphatic hydroxyl groups is 1. The molecule has 0 amide bonds. The summed E-state index contributed by atoms with van der Waals surface area (Å²) in [5, 5.41) is 31.6. The minimum Gasteiger partial charge on any atom is -0.569 e. The highest BCUT2D eigenvalue weighted by Gasteiger charge is 2.22. The van der Waals surface area contributed by atoms with Gasteiger partial charge in [0.15, 0.2) is 0 Å². The average molecular weight is 175 g/mol. The highest BCUT2D eigenvalue weighted by molar-refractivity contribution is 4.66. The second-order valence-corrected chi connectivity index (χ2v) is 2.92. The first-order valence-corrected chi connectivity index (χ1v) is 3.96. The molecule has 1 fully saturated rings. The Balaban J connectivity index is 2.36. The molecular formula is C6H13N3O3. The molecule has 1 rings (SSSR count). The molecule has 0 aromatic rings. The van der Waals surface area contributed by atoms with Crippen molar-refractivity contribution in [2.45, 2.75) is 12.8 Å². The molecule has 0 bridgehead atoms. The Bertz CT molecular complexity index is 165. The van der Waals surface area contributed by atoms with Crippen LogP contribution in [0.25, 0.3) is 0 Å². The predicted molar refractivity (Wildman–Crippen MR) is 39.2 cm³/mol. The van der Waals surface area contributed by atoms with Crippen LogP contribution in [0, 0.1) is 11.1 Å². The normalized spacial score (nSPS) is 21.4. The van der Waals surface area contributed by atoms with E-state index in [-0.39, 0.29) is 17.5 Å². The number of hydrogen-bond acceptors (Lipinski definition) is 3. The highest BCUT2D eigenvalue weighted by Crippen LogP contribution is 2.15. The molecule has 0 aromatic carbocycles. The van der Waals surface area contributed by atoms with Gasteiger partial charge in [-0.15, -0.1) is 5.01 Å². The Labute approximate surface area is 70.2 Å². The molecule has 0 aliphatic carbocycles. The van der Waals surface area contributed by atoms with Crippen LogP contribution in [-0.2, 0) is 0 Å². The largest absolute Gasteiger partial charge is 0.569 e. The van der Waals surface area contributed by atoms with E-state index >= 15 is 0 Å². The number of aliphatic hydroxyl groups excluding tert-OH is 1. The van der Waals surface area contributed by atoms with Gasteiger partial charge in [-0.2, -0.15) is 0 Å². The van der Waals surface area contributed by atoms with Gasteiger partial charge in [-0.1, -0.05) is 0 Å². The lowest BCUT2D eigenvalue weighted by Crippen LogP contribution is -2.39. The van der Waals surface area contributed by atoms with E-state index in [9.17, 15) is 5.21 Å². The van der Waals surface area contributed by atoms with Gasteiger partial charge in [-0.25, -0.2) is 0 Å². The fourth-order valence-corrected chi connectivity index (χ4v) is 1.33. The van der Waals surface area contributed by atoms with Crippen molar-refractivity contribution in [3.63, 3.8) is 0 Å². The first-order chi connectivity index (χ1) is 5.77. The first kappa shape index (κ1) is 9.05. The summed E-state index contributed by atoms with van der Waals surface area (Å²) < 4.78 is 0. The number of nitrogens with zero attached hydrogens (tertiary/aromatic N) is 3. The minimum atomic E-state index is 0.170. The van der Waals surface area contributed by atoms with E-state index < -0.39 is 0 Å². The molecular weight excluding hydrogens is 162 g/mol. The standard InChI is InChI=1S/C6H13N3O3/c10-5-6-1-3-8(4-2-6)9(12)7-11/h6,10-11H,1-5H2/b9-7-. The predicted octanol–water partition coefficient (Wildman–Crippen LogP) is -0.0426. The van der Waals surface area contributed by atoms with Crippen molar-refractivity contribution in [2.24, 2.45) is 11.2 Å². The highest BCUT2D eigenvalue weighted by atomic mass is 16.6. The molecule has 2 N–H and O–H groups in total. The summed E-state index contributed by atoms with van der Waals surface area (Å²) in [5.74, 6) is 0.286. The van der Waals surface area contributed by atoms with Gasteiger partial charge in [-0.05, 0) is 18.8 Å². The average Bonchev–Trinajstić information content (AvgIpc) is 2.17. The zero-order chi connectivity index (χ0) is 8.97. The topological polar surface area (TPSA) is 82.1 Å². The van der Waals surface area contributed by atoms with Crippen molar-refractivity contribution in [3.05, 3.63) is 5.21 Å². The van der Waals surface area contributed by atoms with E-state index in [1.165, 1.54) is 5.01 Å². The third kappa shape index (κ3) is 1.97. The second kappa shape index (κ2) is 4.10. The molecule has 1 aliphatic rings. The van der Waals surface area contributed by atoms with E-state index in [1.807, 2.05) is 0 Å². The third-order valence-electron chi connectivity index (χ3n) is 2.17. The number of piperidine rings is 1. The van der Waals surface area contributed by atoms with Crippen LogP contribution >= 0.6 is 0 Å². The van der Waals surface area contributed by atoms with Gasteiger partial charge < -0.3 is 15.5 Å². The number of hydrazine groups is 1. The molecule has 12 heavy (non-hydrogen) atoms. The molecule has 0 unspecified atom stereocenters. The Morgan fingerprint density at radius 2 is 2.08 bits per heavy atom. The van der Waals surface area contributed by atoms with E-state index in [4.69, 9.17) is 10.3 Å². The quantitative estimate of drug-likeness (QED) is 0.350. The zero-order valence-corrected chi connectivity index (χ0v) is 6.76. The van der Waals surface area contributed by atoms with E-state index in [0.29, 0.717) is 13.1 Å². The van der Waals surface area contributed by atoms with Crippen molar-refractivity contribution < 1.29 is 15.3 Å². The van der Waals surface area contributed by atoms with Crippen molar-refractivity contribution in [1.82, 2.24) is 5.01 Å². The monoisotopic (exact) mass is 175 g/mol. The van der Waals surface area contributed by atoms with Crippen LogP contribution in [0.5, 0.6) is 0 Å². The zero-order valence-electron chi connectivity index (χ0n) is 6.76. The fraction of sp³-hybridized carbons (Fsp3) is 1.00. The molecule has 70 valence electrons. The molecule has 0 saturated carbocycles. The minimum absolute atomic E-state index is 0.170. The van der Waals surface area contributed by atoms with Crippen LogP contribution in [-0.4, -0.2) is 40.0 Å². The van der Waals surface area contributed by atoms with Crippen molar-refractivity contribution in [1.29, 1.82) is 0 Å². The molecule has 6 heteroatoms. The van der Waals surface area contributed by atoms with Gasteiger partial charge in [0.05, 0.1) is 18.1 Å². The van der Waals surface area contributed by atoms with Gasteiger partial charge in [0.25, 0.3) is 0 Å². The summed E-state index contributed by atoms with van der Waals surface area (Å²) >= 11 is 0. The van der Waals surface area contributed by atoms with Gasteiger partial charge in [-0.3, -0.25) is 0 Å². The van der Waals surface area contributed by atoms with Gasteiger partial charge in [0, 0.05) is 6.61 Å². The molecule has 0 aromatic heterocycles. The molecule has 0 radical (unpaired) electrons. The van der Waals surface area contributed by atoms with Crippen LogP contribution in [0.15, 0.2) is 5.28 Å². The van der Waals surface area contributed by atoms with E-state index in [2.05, 4.69) is 5.28 Å². The Hall–Kier alpha value is -1.04. The van der Waals surface area contributed by atoms with Crippen LogP contribution < -0.4 is 0 Å². The van der Waals surface area contributed by atoms with E-state index in [1.54, 1.807) is 0 Å². The lowest BCUT2D eigenvalue weighted by molar-refractivity contribution is -0.711. The Morgan fingerprint density at radius 3 is 2.50 bits per heavy atom. The summed E-state index contributed by atoms with van der Waals surface area (Å²) in [6.45, 7) is 1.25. The van der Waals surface area contributed by atoms with Crippen LogP contribution in [0.1, 0.15) is 12.8 Å². The summed E-state index contributed by atoms with van der Waals surface area (Å²) in [4.78, 5) is 0.188. The van der Waals surface area contributed by atoms with Gasteiger partial charge >= 0.3 is 0 Å². The van der Waals surface area contributed by atoms with Crippen LogP contribution in [0.2, 0.25) is 0 Å². The summed E-state index contributed by atoms with van der Waals surface area (Å²) in [6, 6.07) is 0. The first-order valence-electron chi connectivity index (χ1n) is 3.96. The van der Waals surface area contributed by atoms with Crippen LogP contribution in [0.4, 0.5) is 0 Å². The molecule has 1 aliphatic heterocycles. The Kier molecular flexibility index (Phi) is 3.09. The molecule has 6 nitrogen and oxygen atoms in total. The SMILES string of the molecule is [O-]/[N+](=N\O)N1CCC(CO)CC1. The lowest BCUT2D eigenvalue weighted by Gasteiger charge is -2.26. The molecule has 0 spiro atoms. The van der Waals surface area contributed by atoms with Gasteiger partial charge in [0.2, 0.25) is 5.28 Å². The Morgan fingerprint density at radius 1 is 1.50 bits per heavy atom. The molecule has 0 atom stereocenters.